The van der Waals surface area contributed by atoms with Crippen molar-refractivity contribution in [3.8, 4) is 0 Å². The van der Waals surface area contributed by atoms with Crippen LogP contribution in [-0.4, -0.2) is 19.0 Å². The van der Waals surface area contributed by atoms with E-state index in [1.807, 2.05) is 42.5 Å². The summed E-state index contributed by atoms with van der Waals surface area (Å²) in [5, 5.41) is 9.67. The van der Waals surface area contributed by atoms with Crippen LogP contribution in [0.15, 0.2) is 54.6 Å². The van der Waals surface area contributed by atoms with E-state index < -0.39 is 0 Å². The van der Waals surface area contributed by atoms with Crippen LogP contribution in [-0.2, 0) is 4.79 Å². The molecule has 0 radical (unpaired) electrons. The summed E-state index contributed by atoms with van der Waals surface area (Å²) in [6.45, 7) is 3.84. The second kappa shape index (κ2) is 7.29. The fourth-order valence-corrected chi connectivity index (χ4v) is 2.85. The van der Waals surface area contributed by atoms with E-state index in [2.05, 4.69) is 35.0 Å². The highest BCUT2D eigenvalue weighted by Gasteiger charge is 2.22. The number of hydrogen-bond acceptors (Lipinski definition) is 3. The average Bonchev–Trinajstić information content (AvgIpc) is 3.12. The monoisotopic (exact) mass is 309 g/mol. The predicted molar refractivity (Wildman–Crippen MR) is 94.5 cm³/mol. The molecule has 23 heavy (non-hydrogen) atoms. The zero-order chi connectivity index (χ0) is 16.1. The molecule has 0 saturated carbocycles. The molecular weight excluding hydrogens is 286 g/mol. The van der Waals surface area contributed by atoms with Gasteiger partial charge in [-0.25, -0.2) is 0 Å². The van der Waals surface area contributed by atoms with Crippen molar-refractivity contribution < 1.29 is 4.79 Å². The van der Waals surface area contributed by atoms with Crippen LogP contribution < -0.4 is 16.0 Å². The van der Waals surface area contributed by atoms with Crippen LogP contribution in [0.3, 0.4) is 0 Å². The van der Waals surface area contributed by atoms with Crippen LogP contribution in [0, 0.1) is 5.92 Å². The third-order valence-electron chi connectivity index (χ3n) is 4.27. The molecule has 2 unspecified atom stereocenters. The third kappa shape index (κ3) is 4.11. The van der Waals surface area contributed by atoms with Crippen molar-refractivity contribution in [2.45, 2.75) is 19.4 Å². The molecule has 0 aromatic heterocycles. The number of benzene rings is 2. The number of amides is 1. The summed E-state index contributed by atoms with van der Waals surface area (Å²) in [6.07, 6.45) is 0.917. The molecule has 1 aliphatic heterocycles. The van der Waals surface area contributed by atoms with E-state index in [1.165, 1.54) is 5.56 Å². The number of hydrogen-bond donors (Lipinski definition) is 3. The number of rotatable bonds is 5. The number of anilines is 2. The molecule has 1 heterocycles. The first-order valence-corrected chi connectivity index (χ1v) is 8.15. The Morgan fingerprint density at radius 1 is 1.09 bits per heavy atom. The Bertz CT molecular complexity index is 633. The standard InChI is InChI=1S/C19H23N3O/c1-14(15-5-3-2-4-6-15)21-17-7-9-18(10-8-17)22-19(23)16-11-12-20-13-16/h2-10,14,16,20-21H,11-13H2,1H3,(H,22,23). The lowest BCUT2D eigenvalue weighted by molar-refractivity contribution is -0.119. The maximum atomic E-state index is 12.1. The van der Waals surface area contributed by atoms with Crippen LogP contribution in [0.4, 0.5) is 11.4 Å². The minimum absolute atomic E-state index is 0.0888. The molecule has 3 rings (SSSR count). The minimum atomic E-state index is 0.0888. The first-order chi connectivity index (χ1) is 11.2. The Morgan fingerprint density at radius 2 is 1.78 bits per heavy atom. The molecular formula is C19H23N3O. The molecule has 0 aliphatic carbocycles. The number of carbonyl (C=O) groups is 1. The molecule has 4 nitrogen and oxygen atoms in total. The fourth-order valence-electron chi connectivity index (χ4n) is 2.85. The van der Waals surface area contributed by atoms with Gasteiger partial charge in [-0.15, -0.1) is 0 Å². The van der Waals surface area contributed by atoms with E-state index in [4.69, 9.17) is 0 Å². The molecule has 0 spiro atoms. The Labute approximate surface area is 137 Å². The van der Waals surface area contributed by atoms with Gasteiger partial charge < -0.3 is 16.0 Å². The van der Waals surface area contributed by atoms with E-state index in [-0.39, 0.29) is 17.9 Å². The molecule has 1 amide bonds. The third-order valence-corrected chi connectivity index (χ3v) is 4.27. The van der Waals surface area contributed by atoms with Crippen LogP contribution in [0.1, 0.15) is 24.9 Å². The quantitative estimate of drug-likeness (QED) is 0.793. The molecule has 2 atom stereocenters. The second-order valence-corrected chi connectivity index (χ2v) is 6.03. The minimum Gasteiger partial charge on any atom is -0.379 e. The summed E-state index contributed by atoms with van der Waals surface area (Å²) in [6, 6.07) is 18.5. The number of nitrogens with one attached hydrogen (secondary N) is 3. The maximum Gasteiger partial charge on any atom is 0.228 e. The van der Waals surface area contributed by atoms with Crippen molar-refractivity contribution in [1.29, 1.82) is 0 Å². The van der Waals surface area contributed by atoms with Crippen molar-refractivity contribution in [1.82, 2.24) is 5.32 Å². The van der Waals surface area contributed by atoms with Gasteiger partial charge in [0.05, 0.1) is 5.92 Å². The largest absolute Gasteiger partial charge is 0.379 e. The highest BCUT2D eigenvalue weighted by atomic mass is 16.1. The van der Waals surface area contributed by atoms with E-state index in [0.29, 0.717) is 0 Å². The van der Waals surface area contributed by atoms with Crippen molar-refractivity contribution >= 4 is 17.3 Å². The van der Waals surface area contributed by atoms with Gasteiger partial charge in [-0.05, 0) is 49.7 Å². The highest BCUT2D eigenvalue weighted by molar-refractivity contribution is 5.93. The normalized spacial score (nSPS) is 18.4. The van der Waals surface area contributed by atoms with Gasteiger partial charge in [0.25, 0.3) is 0 Å². The molecule has 1 fully saturated rings. The van der Waals surface area contributed by atoms with Gasteiger partial charge in [0.15, 0.2) is 0 Å². The SMILES string of the molecule is CC(Nc1ccc(NC(=O)C2CCNC2)cc1)c1ccccc1. The highest BCUT2D eigenvalue weighted by Crippen LogP contribution is 2.21. The van der Waals surface area contributed by atoms with Crippen LogP contribution in [0.25, 0.3) is 0 Å². The summed E-state index contributed by atoms with van der Waals surface area (Å²) in [4.78, 5) is 12.1. The molecule has 1 aliphatic rings. The van der Waals surface area contributed by atoms with Gasteiger partial charge in [0, 0.05) is 24.0 Å². The van der Waals surface area contributed by atoms with Crippen LogP contribution in [0.5, 0.6) is 0 Å². The van der Waals surface area contributed by atoms with Crippen molar-refractivity contribution in [3.63, 3.8) is 0 Å². The summed E-state index contributed by atoms with van der Waals surface area (Å²) in [5.41, 5.74) is 3.14. The van der Waals surface area contributed by atoms with Gasteiger partial charge in [0.1, 0.15) is 0 Å². The predicted octanol–water partition coefficient (Wildman–Crippen LogP) is 3.41. The molecule has 2 aromatic carbocycles. The van der Waals surface area contributed by atoms with Gasteiger partial charge in [-0.3, -0.25) is 4.79 Å². The van der Waals surface area contributed by atoms with Gasteiger partial charge >= 0.3 is 0 Å². The smallest absolute Gasteiger partial charge is 0.228 e. The summed E-state index contributed by atoms with van der Waals surface area (Å²) in [5.74, 6) is 0.194. The lowest BCUT2D eigenvalue weighted by Crippen LogP contribution is -2.24. The first kappa shape index (κ1) is 15.6. The maximum absolute atomic E-state index is 12.1. The van der Waals surface area contributed by atoms with Crippen LogP contribution >= 0.6 is 0 Å². The summed E-state index contributed by atoms with van der Waals surface area (Å²) in [7, 11) is 0. The molecule has 120 valence electrons. The van der Waals surface area contributed by atoms with Crippen molar-refractivity contribution in [3.05, 3.63) is 60.2 Å². The molecule has 2 aromatic rings. The first-order valence-electron chi connectivity index (χ1n) is 8.15. The lowest BCUT2D eigenvalue weighted by atomic mass is 10.1. The Balaban J connectivity index is 1.57. The summed E-state index contributed by atoms with van der Waals surface area (Å²) >= 11 is 0. The van der Waals surface area contributed by atoms with E-state index in [0.717, 1.165) is 30.9 Å². The molecule has 4 heteroatoms. The Kier molecular flexibility index (Phi) is 4.93. The van der Waals surface area contributed by atoms with Gasteiger partial charge in [0.2, 0.25) is 5.91 Å². The van der Waals surface area contributed by atoms with Crippen molar-refractivity contribution in [2.75, 3.05) is 23.7 Å². The van der Waals surface area contributed by atoms with Crippen LogP contribution in [0.2, 0.25) is 0 Å². The second-order valence-electron chi connectivity index (χ2n) is 6.03. The molecule has 1 saturated heterocycles. The van der Waals surface area contributed by atoms with E-state index in [9.17, 15) is 4.79 Å². The summed E-state index contributed by atoms with van der Waals surface area (Å²) < 4.78 is 0. The lowest BCUT2D eigenvalue weighted by Gasteiger charge is -2.16. The average molecular weight is 309 g/mol. The fraction of sp³-hybridized carbons (Fsp3) is 0.316. The van der Waals surface area contributed by atoms with Crippen molar-refractivity contribution in [2.24, 2.45) is 5.92 Å². The number of carbonyl (C=O) groups excluding carboxylic acids is 1. The van der Waals surface area contributed by atoms with Gasteiger partial charge in [-0.1, -0.05) is 30.3 Å². The molecule has 3 N–H and O–H groups in total. The van der Waals surface area contributed by atoms with E-state index >= 15 is 0 Å². The Hall–Kier alpha value is -2.33. The topological polar surface area (TPSA) is 53.2 Å². The van der Waals surface area contributed by atoms with E-state index in [1.54, 1.807) is 0 Å². The van der Waals surface area contributed by atoms with Gasteiger partial charge in [-0.2, -0.15) is 0 Å². The zero-order valence-electron chi connectivity index (χ0n) is 13.4. The Morgan fingerprint density at radius 3 is 2.43 bits per heavy atom. The zero-order valence-corrected chi connectivity index (χ0v) is 13.4. The molecule has 0 bridgehead atoms.